The lowest BCUT2D eigenvalue weighted by molar-refractivity contribution is 0.0750. The Morgan fingerprint density at radius 3 is 2.52 bits per heavy atom. The van der Waals surface area contributed by atoms with Crippen molar-refractivity contribution in [3.8, 4) is 0 Å². The molecule has 3 heterocycles. The molecular formula is C21H26N2O2. The summed E-state index contributed by atoms with van der Waals surface area (Å²) in [5.41, 5.74) is 1.35. The molecule has 2 unspecified atom stereocenters. The van der Waals surface area contributed by atoms with Crippen LogP contribution in [0, 0.1) is 5.92 Å². The van der Waals surface area contributed by atoms with Crippen LogP contribution in [0.5, 0.6) is 0 Å². The van der Waals surface area contributed by atoms with Gasteiger partial charge in [-0.05, 0) is 49.5 Å². The summed E-state index contributed by atoms with van der Waals surface area (Å²) in [6, 6.07) is 14.2. The Hall–Kier alpha value is -2.07. The fourth-order valence-corrected chi connectivity index (χ4v) is 4.33. The van der Waals surface area contributed by atoms with Gasteiger partial charge in [-0.2, -0.15) is 0 Å². The van der Waals surface area contributed by atoms with E-state index < -0.39 is 0 Å². The third-order valence-corrected chi connectivity index (χ3v) is 5.63. The first-order chi connectivity index (χ1) is 12.3. The molecule has 0 saturated carbocycles. The molecular weight excluding hydrogens is 312 g/mol. The quantitative estimate of drug-likeness (QED) is 0.854. The van der Waals surface area contributed by atoms with Crippen LogP contribution in [0.2, 0.25) is 0 Å². The number of benzene rings is 1. The van der Waals surface area contributed by atoms with Crippen molar-refractivity contribution >= 4 is 5.91 Å². The van der Waals surface area contributed by atoms with E-state index in [1.54, 1.807) is 18.4 Å². The Bertz CT molecular complexity index is 677. The van der Waals surface area contributed by atoms with E-state index in [0.29, 0.717) is 17.6 Å². The molecule has 2 aliphatic heterocycles. The summed E-state index contributed by atoms with van der Waals surface area (Å²) < 4.78 is 5.33. The van der Waals surface area contributed by atoms with Gasteiger partial charge in [0.2, 0.25) is 0 Å². The van der Waals surface area contributed by atoms with Gasteiger partial charge in [0.1, 0.15) is 0 Å². The highest BCUT2D eigenvalue weighted by Gasteiger charge is 2.38. The number of carbonyl (C=O) groups is 1. The van der Waals surface area contributed by atoms with E-state index in [1.165, 1.54) is 37.9 Å². The van der Waals surface area contributed by atoms with E-state index in [4.69, 9.17) is 4.42 Å². The van der Waals surface area contributed by atoms with Crippen LogP contribution >= 0.6 is 0 Å². The van der Waals surface area contributed by atoms with Crippen LogP contribution in [-0.2, 0) is 0 Å². The molecule has 2 aromatic rings. The molecule has 4 rings (SSSR count). The van der Waals surface area contributed by atoms with Crippen LogP contribution in [0.1, 0.15) is 41.3 Å². The molecule has 2 atom stereocenters. The molecule has 25 heavy (non-hydrogen) atoms. The van der Waals surface area contributed by atoms with Gasteiger partial charge in [-0.15, -0.1) is 0 Å². The molecule has 0 spiro atoms. The standard InChI is InChI=1S/C21H26N2O2/c24-21(20-10-7-13-25-20)23-15-18(14-22-11-5-2-6-12-22)19(16-23)17-8-3-1-4-9-17/h1,3-4,7-10,13,18-19H,2,5-6,11-12,14-16H2. The number of hydrogen-bond donors (Lipinski definition) is 0. The molecule has 4 nitrogen and oxygen atoms in total. The number of hydrogen-bond acceptors (Lipinski definition) is 3. The average molecular weight is 338 g/mol. The van der Waals surface area contributed by atoms with Crippen molar-refractivity contribution in [3.63, 3.8) is 0 Å². The SMILES string of the molecule is O=C(c1ccco1)N1CC(CN2CCCCC2)C(c2ccccc2)C1. The minimum absolute atomic E-state index is 0.0204. The second-order valence-electron chi connectivity index (χ2n) is 7.33. The zero-order valence-electron chi connectivity index (χ0n) is 14.6. The van der Waals surface area contributed by atoms with Gasteiger partial charge in [-0.1, -0.05) is 36.8 Å². The Balaban J connectivity index is 1.52. The van der Waals surface area contributed by atoms with Gasteiger partial charge in [-0.3, -0.25) is 4.79 Å². The van der Waals surface area contributed by atoms with Crippen molar-refractivity contribution in [1.82, 2.24) is 9.80 Å². The second-order valence-corrected chi connectivity index (χ2v) is 7.33. The minimum Gasteiger partial charge on any atom is -0.459 e. The first-order valence-electron chi connectivity index (χ1n) is 9.41. The van der Waals surface area contributed by atoms with Gasteiger partial charge in [0.25, 0.3) is 5.91 Å². The molecule has 1 aromatic heterocycles. The van der Waals surface area contributed by atoms with Crippen molar-refractivity contribution in [1.29, 1.82) is 0 Å². The fourth-order valence-electron chi connectivity index (χ4n) is 4.33. The summed E-state index contributed by atoms with van der Waals surface area (Å²) in [4.78, 5) is 17.3. The maximum Gasteiger partial charge on any atom is 0.289 e. The Morgan fingerprint density at radius 1 is 1.00 bits per heavy atom. The Labute approximate surface area is 149 Å². The smallest absolute Gasteiger partial charge is 0.289 e. The highest BCUT2D eigenvalue weighted by molar-refractivity contribution is 5.91. The van der Waals surface area contributed by atoms with E-state index in [1.807, 2.05) is 4.90 Å². The van der Waals surface area contributed by atoms with Gasteiger partial charge in [0, 0.05) is 25.6 Å². The molecule has 2 fully saturated rings. The molecule has 2 aliphatic rings. The van der Waals surface area contributed by atoms with Crippen molar-refractivity contribution < 1.29 is 9.21 Å². The van der Waals surface area contributed by atoms with Crippen LogP contribution in [0.25, 0.3) is 0 Å². The predicted octanol–water partition coefficient (Wildman–Crippen LogP) is 3.62. The number of amides is 1. The van der Waals surface area contributed by atoms with Crippen molar-refractivity contribution in [2.75, 3.05) is 32.7 Å². The Kier molecular flexibility index (Phi) is 4.88. The van der Waals surface area contributed by atoms with E-state index in [9.17, 15) is 4.79 Å². The number of carbonyl (C=O) groups excluding carboxylic acids is 1. The van der Waals surface area contributed by atoms with E-state index >= 15 is 0 Å². The maximum atomic E-state index is 12.7. The number of piperidine rings is 1. The lowest BCUT2D eigenvalue weighted by atomic mass is 9.88. The largest absolute Gasteiger partial charge is 0.459 e. The molecule has 1 aromatic carbocycles. The van der Waals surface area contributed by atoms with Crippen LogP contribution < -0.4 is 0 Å². The fraction of sp³-hybridized carbons (Fsp3) is 0.476. The summed E-state index contributed by atoms with van der Waals surface area (Å²) in [7, 11) is 0. The number of rotatable bonds is 4. The van der Waals surface area contributed by atoms with E-state index in [-0.39, 0.29) is 5.91 Å². The third kappa shape index (κ3) is 3.64. The average Bonchev–Trinajstić information content (AvgIpc) is 3.33. The predicted molar refractivity (Wildman–Crippen MR) is 97.6 cm³/mol. The molecule has 0 radical (unpaired) electrons. The summed E-state index contributed by atoms with van der Waals surface area (Å²) >= 11 is 0. The lowest BCUT2D eigenvalue weighted by Crippen LogP contribution is -2.36. The zero-order chi connectivity index (χ0) is 17.1. The summed E-state index contributed by atoms with van der Waals surface area (Å²) in [6.07, 6.45) is 5.53. The van der Waals surface area contributed by atoms with Gasteiger partial charge < -0.3 is 14.2 Å². The first-order valence-corrected chi connectivity index (χ1v) is 9.41. The molecule has 1 amide bonds. The highest BCUT2D eigenvalue weighted by Crippen LogP contribution is 2.34. The number of likely N-dealkylation sites (tertiary alicyclic amines) is 2. The molecule has 0 N–H and O–H groups in total. The second kappa shape index (κ2) is 7.44. The first kappa shape index (κ1) is 16.4. The molecule has 4 heteroatoms. The van der Waals surface area contributed by atoms with Gasteiger partial charge >= 0.3 is 0 Å². The van der Waals surface area contributed by atoms with E-state index in [0.717, 1.165) is 19.6 Å². The summed E-state index contributed by atoms with van der Waals surface area (Å²) in [5, 5.41) is 0. The molecule has 2 saturated heterocycles. The summed E-state index contributed by atoms with van der Waals surface area (Å²) in [6.45, 7) is 5.08. The summed E-state index contributed by atoms with van der Waals surface area (Å²) in [5.74, 6) is 1.36. The zero-order valence-corrected chi connectivity index (χ0v) is 14.6. The number of nitrogens with zero attached hydrogens (tertiary/aromatic N) is 2. The van der Waals surface area contributed by atoms with Crippen LogP contribution in [-0.4, -0.2) is 48.4 Å². The van der Waals surface area contributed by atoms with Crippen LogP contribution in [0.4, 0.5) is 0 Å². The molecule has 0 aliphatic carbocycles. The van der Waals surface area contributed by atoms with Gasteiger partial charge in [-0.25, -0.2) is 0 Å². The number of furan rings is 1. The van der Waals surface area contributed by atoms with Gasteiger partial charge in [0.15, 0.2) is 5.76 Å². The lowest BCUT2D eigenvalue weighted by Gasteiger charge is -2.31. The van der Waals surface area contributed by atoms with Crippen molar-refractivity contribution in [3.05, 3.63) is 60.1 Å². The van der Waals surface area contributed by atoms with E-state index in [2.05, 4.69) is 35.2 Å². The third-order valence-electron chi connectivity index (χ3n) is 5.63. The Morgan fingerprint density at radius 2 is 1.80 bits per heavy atom. The van der Waals surface area contributed by atoms with Crippen LogP contribution in [0.3, 0.4) is 0 Å². The normalized spacial score (nSPS) is 24.6. The topological polar surface area (TPSA) is 36.7 Å². The van der Waals surface area contributed by atoms with Crippen molar-refractivity contribution in [2.24, 2.45) is 5.92 Å². The van der Waals surface area contributed by atoms with Gasteiger partial charge in [0.05, 0.1) is 6.26 Å². The van der Waals surface area contributed by atoms with Crippen LogP contribution in [0.15, 0.2) is 53.1 Å². The maximum absolute atomic E-state index is 12.7. The molecule has 0 bridgehead atoms. The highest BCUT2D eigenvalue weighted by atomic mass is 16.3. The monoisotopic (exact) mass is 338 g/mol. The molecule has 132 valence electrons. The van der Waals surface area contributed by atoms with Crippen molar-refractivity contribution in [2.45, 2.75) is 25.2 Å². The minimum atomic E-state index is 0.0204.